The molecule has 0 aromatic rings. The Morgan fingerprint density at radius 2 is 1.60 bits per heavy atom. The van der Waals surface area contributed by atoms with Crippen molar-refractivity contribution in [3.05, 3.63) is 0 Å². The lowest BCUT2D eigenvalue weighted by Gasteiger charge is -2.24. The van der Waals surface area contributed by atoms with E-state index >= 15 is 0 Å². The molecule has 0 aliphatic heterocycles. The molecule has 0 heterocycles. The summed E-state index contributed by atoms with van der Waals surface area (Å²) in [6.07, 6.45) is 1.36. The van der Waals surface area contributed by atoms with Crippen LogP contribution in [0.5, 0.6) is 0 Å². The van der Waals surface area contributed by atoms with Crippen molar-refractivity contribution in [1.29, 1.82) is 0 Å². The lowest BCUT2D eigenvalue weighted by atomic mass is 10.0. The minimum atomic E-state index is -1.17. The third-order valence-electron chi connectivity index (χ3n) is 4.29. The number of nitrogens with two attached hydrogens (primary N) is 3. The van der Waals surface area contributed by atoms with E-state index < -0.39 is 54.3 Å². The van der Waals surface area contributed by atoms with Crippen LogP contribution >= 0.6 is 0 Å². The van der Waals surface area contributed by atoms with E-state index in [-0.39, 0.29) is 25.2 Å². The Morgan fingerprint density at radius 3 is 2.10 bits per heavy atom. The van der Waals surface area contributed by atoms with Crippen LogP contribution in [0.15, 0.2) is 0 Å². The average Bonchev–Trinajstić information content (AvgIpc) is 2.66. The van der Waals surface area contributed by atoms with Gasteiger partial charge in [0, 0.05) is 6.42 Å². The molecule has 0 aliphatic carbocycles. The van der Waals surface area contributed by atoms with Gasteiger partial charge in [-0.15, -0.1) is 0 Å². The topological polar surface area (TPSA) is 220 Å². The van der Waals surface area contributed by atoms with Gasteiger partial charge in [0.2, 0.25) is 23.6 Å². The van der Waals surface area contributed by atoms with Gasteiger partial charge >= 0.3 is 5.97 Å². The highest BCUT2D eigenvalue weighted by atomic mass is 16.4. The molecule has 3 unspecified atom stereocenters. The van der Waals surface area contributed by atoms with Crippen molar-refractivity contribution < 1.29 is 29.1 Å². The van der Waals surface area contributed by atoms with Crippen LogP contribution in [-0.4, -0.2) is 65.9 Å². The quantitative estimate of drug-likeness (QED) is 0.138. The van der Waals surface area contributed by atoms with Crippen LogP contribution in [0.1, 0.15) is 46.0 Å². The second-order valence-corrected chi connectivity index (χ2v) is 7.30. The Hall–Kier alpha value is -2.73. The van der Waals surface area contributed by atoms with Crippen molar-refractivity contribution in [2.75, 3.05) is 13.1 Å². The Labute approximate surface area is 175 Å². The summed E-state index contributed by atoms with van der Waals surface area (Å²) in [6.45, 7) is 3.36. The van der Waals surface area contributed by atoms with Gasteiger partial charge in [0.05, 0.1) is 12.6 Å². The van der Waals surface area contributed by atoms with Gasteiger partial charge in [0.1, 0.15) is 12.1 Å². The minimum Gasteiger partial charge on any atom is -0.480 e. The first kappa shape index (κ1) is 27.3. The third-order valence-corrected chi connectivity index (χ3v) is 4.29. The highest BCUT2D eigenvalue weighted by Crippen LogP contribution is 2.06. The van der Waals surface area contributed by atoms with Crippen LogP contribution in [0, 0.1) is 5.92 Å². The molecule has 0 rings (SSSR count). The summed E-state index contributed by atoms with van der Waals surface area (Å²) in [7, 11) is 0. The number of hydrogen-bond donors (Lipinski definition) is 7. The van der Waals surface area contributed by atoms with E-state index in [1.807, 2.05) is 0 Å². The maximum Gasteiger partial charge on any atom is 0.326 e. The lowest BCUT2D eigenvalue weighted by molar-refractivity contribution is -0.142. The summed E-state index contributed by atoms with van der Waals surface area (Å²) in [5, 5.41) is 16.5. The smallest absolute Gasteiger partial charge is 0.326 e. The molecule has 3 atom stereocenters. The minimum absolute atomic E-state index is 0.0422. The first-order chi connectivity index (χ1) is 14.0. The zero-order valence-electron chi connectivity index (χ0n) is 17.5. The van der Waals surface area contributed by atoms with Crippen molar-refractivity contribution in [2.45, 2.75) is 64.1 Å². The molecule has 0 radical (unpaired) electrons. The van der Waals surface area contributed by atoms with Gasteiger partial charge in [-0.25, -0.2) is 4.79 Å². The zero-order valence-corrected chi connectivity index (χ0v) is 17.5. The van der Waals surface area contributed by atoms with E-state index in [4.69, 9.17) is 17.2 Å². The molecule has 12 heteroatoms. The van der Waals surface area contributed by atoms with E-state index in [1.54, 1.807) is 13.8 Å². The molecule has 4 amide bonds. The predicted octanol–water partition coefficient (Wildman–Crippen LogP) is -2.47. The van der Waals surface area contributed by atoms with Gasteiger partial charge in [-0.2, -0.15) is 0 Å². The number of unbranched alkanes of at least 4 members (excludes halogenated alkanes) is 1. The summed E-state index contributed by atoms with van der Waals surface area (Å²) < 4.78 is 0. The average molecular weight is 431 g/mol. The van der Waals surface area contributed by atoms with Crippen molar-refractivity contribution in [3.63, 3.8) is 0 Å². The van der Waals surface area contributed by atoms with E-state index in [1.165, 1.54) is 0 Å². The van der Waals surface area contributed by atoms with Crippen LogP contribution in [0.2, 0.25) is 0 Å². The van der Waals surface area contributed by atoms with Gasteiger partial charge < -0.3 is 38.3 Å². The monoisotopic (exact) mass is 430 g/mol. The van der Waals surface area contributed by atoms with Crippen molar-refractivity contribution in [2.24, 2.45) is 23.1 Å². The normalized spacial score (nSPS) is 13.8. The Kier molecular flexibility index (Phi) is 13.0. The number of nitrogens with one attached hydrogen (secondary N) is 3. The fraction of sp³-hybridized carbons (Fsp3) is 0.722. The first-order valence-electron chi connectivity index (χ1n) is 9.83. The van der Waals surface area contributed by atoms with Crippen LogP contribution in [0.4, 0.5) is 0 Å². The highest BCUT2D eigenvalue weighted by Gasteiger charge is 2.28. The summed E-state index contributed by atoms with van der Waals surface area (Å²) >= 11 is 0. The van der Waals surface area contributed by atoms with Gasteiger partial charge in [0.25, 0.3) is 0 Å². The molecule has 30 heavy (non-hydrogen) atoms. The number of rotatable bonds is 15. The number of carbonyl (C=O) groups excluding carboxylic acids is 4. The molecular weight excluding hydrogens is 396 g/mol. The number of aliphatic carboxylic acids is 1. The fourth-order valence-electron chi connectivity index (χ4n) is 2.50. The lowest BCUT2D eigenvalue weighted by Crippen LogP contribution is -2.55. The van der Waals surface area contributed by atoms with Crippen LogP contribution in [0.25, 0.3) is 0 Å². The molecule has 0 spiro atoms. The molecular formula is C18H34N6O6. The van der Waals surface area contributed by atoms with E-state index in [2.05, 4.69) is 16.0 Å². The van der Waals surface area contributed by atoms with Gasteiger partial charge in [-0.1, -0.05) is 13.8 Å². The Morgan fingerprint density at radius 1 is 0.967 bits per heavy atom. The van der Waals surface area contributed by atoms with Gasteiger partial charge in [0.15, 0.2) is 0 Å². The molecule has 0 aromatic carbocycles. The Balaban J connectivity index is 4.72. The van der Waals surface area contributed by atoms with Crippen molar-refractivity contribution in [1.82, 2.24) is 16.0 Å². The number of primary amides is 1. The molecule has 0 fully saturated rings. The van der Waals surface area contributed by atoms with E-state index in [9.17, 15) is 29.1 Å². The van der Waals surface area contributed by atoms with E-state index in [0.717, 1.165) is 0 Å². The maximum atomic E-state index is 12.5. The number of carbonyl (C=O) groups is 5. The van der Waals surface area contributed by atoms with Crippen LogP contribution in [-0.2, 0) is 24.0 Å². The summed E-state index contributed by atoms with van der Waals surface area (Å²) in [5.74, 6) is -4.02. The highest BCUT2D eigenvalue weighted by molar-refractivity contribution is 5.92. The third kappa shape index (κ3) is 11.3. The SMILES string of the molecule is CC(C)C(NC(=O)CNC(=O)C(N)CCC(N)=O)C(=O)NC(CCCCN)C(=O)O. The second kappa shape index (κ2) is 14.3. The van der Waals surface area contributed by atoms with E-state index in [0.29, 0.717) is 19.4 Å². The second-order valence-electron chi connectivity index (χ2n) is 7.30. The number of amides is 4. The molecule has 0 saturated heterocycles. The summed E-state index contributed by atoms with van der Waals surface area (Å²) in [6, 6.07) is -3.08. The molecule has 12 nitrogen and oxygen atoms in total. The van der Waals surface area contributed by atoms with Crippen molar-refractivity contribution in [3.8, 4) is 0 Å². The van der Waals surface area contributed by atoms with Crippen LogP contribution in [0.3, 0.4) is 0 Å². The van der Waals surface area contributed by atoms with Crippen LogP contribution < -0.4 is 33.2 Å². The number of carboxylic acid groups (broad SMARTS) is 1. The predicted molar refractivity (Wildman–Crippen MR) is 109 cm³/mol. The standard InChI is InChI=1S/C18H34N6O6/c1-10(2)15(17(28)23-12(18(29)30)5-3-4-8-19)24-14(26)9-22-16(27)11(20)6-7-13(21)25/h10-12,15H,3-9,19-20H2,1-2H3,(H2,21,25)(H,22,27)(H,23,28)(H,24,26)(H,29,30). The molecule has 10 N–H and O–H groups in total. The zero-order chi connectivity index (χ0) is 23.3. The van der Waals surface area contributed by atoms with Gasteiger partial charge in [-0.05, 0) is 38.1 Å². The molecule has 0 saturated carbocycles. The van der Waals surface area contributed by atoms with Crippen molar-refractivity contribution >= 4 is 29.6 Å². The summed E-state index contributed by atoms with van der Waals surface area (Å²) in [4.78, 5) is 58.6. The molecule has 0 aromatic heterocycles. The van der Waals surface area contributed by atoms with Gasteiger partial charge in [-0.3, -0.25) is 19.2 Å². The number of hydrogen-bond acceptors (Lipinski definition) is 7. The molecule has 0 aliphatic rings. The largest absolute Gasteiger partial charge is 0.480 e. The Bertz CT molecular complexity index is 612. The fourth-order valence-corrected chi connectivity index (χ4v) is 2.50. The maximum absolute atomic E-state index is 12.5. The molecule has 172 valence electrons. The first-order valence-corrected chi connectivity index (χ1v) is 9.83. The summed E-state index contributed by atoms with van der Waals surface area (Å²) in [5.41, 5.74) is 16.0. The molecule has 0 bridgehead atoms. The number of carboxylic acids is 1.